The summed E-state index contributed by atoms with van der Waals surface area (Å²) in [6.07, 6.45) is 8.85. The molecule has 1 atom stereocenters. The van der Waals surface area contributed by atoms with E-state index >= 15 is 0 Å². The molecule has 6 nitrogen and oxygen atoms in total. The predicted octanol–water partition coefficient (Wildman–Crippen LogP) is 3.05. The van der Waals surface area contributed by atoms with E-state index in [1.54, 1.807) is 6.26 Å². The van der Waals surface area contributed by atoms with E-state index in [9.17, 15) is 0 Å². The minimum Gasteiger partial charge on any atom is -0.469 e. The second-order valence-corrected chi connectivity index (χ2v) is 8.17. The minimum absolute atomic E-state index is 0.369. The summed E-state index contributed by atoms with van der Waals surface area (Å²) in [7, 11) is 0. The third kappa shape index (κ3) is 6.52. The fraction of sp³-hybridized carbons (Fsp3) is 0.773. The fourth-order valence-electron chi connectivity index (χ4n) is 4.03. The van der Waals surface area contributed by atoms with Crippen molar-refractivity contribution in [3.63, 3.8) is 0 Å². The number of guanidine groups is 1. The van der Waals surface area contributed by atoms with Gasteiger partial charge < -0.3 is 19.8 Å². The van der Waals surface area contributed by atoms with Gasteiger partial charge in [-0.3, -0.25) is 9.89 Å². The summed E-state index contributed by atoms with van der Waals surface area (Å²) in [6, 6.07) is 4.59. The van der Waals surface area contributed by atoms with Crippen LogP contribution >= 0.6 is 0 Å². The highest BCUT2D eigenvalue weighted by Gasteiger charge is 2.41. The Hall–Kier alpha value is -1.53. The van der Waals surface area contributed by atoms with Gasteiger partial charge in [-0.15, -0.1) is 0 Å². The zero-order chi connectivity index (χ0) is 19.7. The normalized spacial score (nSPS) is 21.8. The van der Waals surface area contributed by atoms with Gasteiger partial charge in [-0.25, -0.2) is 0 Å². The Kier molecular flexibility index (Phi) is 8.22. The maximum absolute atomic E-state index is 5.57. The lowest BCUT2D eigenvalue weighted by molar-refractivity contribution is 0.129. The lowest BCUT2D eigenvalue weighted by atomic mass is 10.0. The largest absolute Gasteiger partial charge is 0.469 e. The third-order valence-corrected chi connectivity index (χ3v) is 6.16. The standard InChI is InChI=1S/C22H38N4O2/c1-3-26-14-5-7-19(26)17-24-21(23-13-9-20-8-6-15-28-20)25-18-22(10-11-22)12-16-27-4-2/h6,8,15,19H,3-5,7,9-14,16-18H2,1-2H3,(H2,23,24,25). The molecule has 2 N–H and O–H groups in total. The summed E-state index contributed by atoms with van der Waals surface area (Å²) in [4.78, 5) is 7.52. The number of nitrogens with zero attached hydrogens (tertiary/aromatic N) is 2. The van der Waals surface area contributed by atoms with Crippen LogP contribution in [0.4, 0.5) is 0 Å². The van der Waals surface area contributed by atoms with Gasteiger partial charge in [0.1, 0.15) is 5.76 Å². The number of nitrogens with one attached hydrogen (secondary N) is 2. The average molecular weight is 391 g/mol. The first-order valence-electron chi connectivity index (χ1n) is 11.1. The lowest BCUT2D eigenvalue weighted by Crippen LogP contribution is -2.45. The molecule has 1 saturated carbocycles. The van der Waals surface area contributed by atoms with Crippen LogP contribution < -0.4 is 10.6 Å². The molecule has 1 aliphatic carbocycles. The van der Waals surface area contributed by atoms with Gasteiger partial charge in [0.25, 0.3) is 0 Å². The highest BCUT2D eigenvalue weighted by Crippen LogP contribution is 2.49. The molecule has 158 valence electrons. The first-order chi connectivity index (χ1) is 13.7. The predicted molar refractivity (Wildman–Crippen MR) is 114 cm³/mol. The summed E-state index contributed by atoms with van der Waals surface area (Å²) in [5.41, 5.74) is 0.369. The number of ether oxygens (including phenoxy) is 1. The maximum atomic E-state index is 5.57. The second-order valence-electron chi connectivity index (χ2n) is 8.17. The van der Waals surface area contributed by atoms with Crippen LogP contribution in [-0.2, 0) is 11.2 Å². The molecule has 0 amide bonds. The Balaban J connectivity index is 1.50. The van der Waals surface area contributed by atoms with Gasteiger partial charge in [0, 0.05) is 45.3 Å². The summed E-state index contributed by atoms with van der Waals surface area (Å²) >= 11 is 0. The van der Waals surface area contributed by atoms with Gasteiger partial charge in [0.15, 0.2) is 5.96 Å². The van der Waals surface area contributed by atoms with Crippen LogP contribution in [0.1, 0.15) is 51.7 Å². The molecule has 0 radical (unpaired) electrons. The number of likely N-dealkylation sites (tertiary alicyclic amines) is 1. The van der Waals surface area contributed by atoms with Crippen LogP contribution in [-0.4, -0.2) is 62.8 Å². The van der Waals surface area contributed by atoms with Crippen molar-refractivity contribution in [2.24, 2.45) is 10.4 Å². The Morgan fingerprint density at radius 1 is 1.36 bits per heavy atom. The SMILES string of the molecule is CCOCCC1(CN=C(NCCc2ccco2)NCC2CCCN2CC)CC1. The smallest absolute Gasteiger partial charge is 0.191 e. The second kappa shape index (κ2) is 10.9. The minimum atomic E-state index is 0.369. The van der Waals surface area contributed by atoms with E-state index in [1.807, 2.05) is 12.1 Å². The number of hydrogen-bond acceptors (Lipinski definition) is 4. The van der Waals surface area contributed by atoms with E-state index in [0.29, 0.717) is 11.5 Å². The number of hydrogen-bond donors (Lipinski definition) is 2. The molecule has 0 bridgehead atoms. The Labute approximate surface area is 170 Å². The van der Waals surface area contributed by atoms with E-state index in [2.05, 4.69) is 29.4 Å². The van der Waals surface area contributed by atoms with E-state index in [-0.39, 0.29) is 0 Å². The first-order valence-corrected chi connectivity index (χ1v) is 11.1. The molecule has 6 heteroatoms. The molecular formula is C22H38N4O2. The lowest BCUT2D eigenvalue weighted by Gasteiger charge is -2.24. The molecule has 1 unspecified atom stereocenters. The fourth-order valence-corrected chi connectivity index (χ4v) is 4.03. The summed E-state index contributed by atoms with van der Waals surface area (Å²) in [6.45, 7) is 11.0. The Morgan fingerprint density at radius 2 is 2.25 bits per heavy atom. The molecule has 2 aliphatic rings. The first kappa shape index (κ1) is 21.2. The van der Waals surface area contributed by atoms with Crippen LogP contribution in [0.5, 0.6) is 0 Å². The van der Waals surface area contributed by atoms with Crippen LogP contribution in [0.3, 0.4) is 0 Å². The van der Waals surface area contributed by atoms with Crippen molar-refractivity contribution >= 4 is 5.96 Å². The maximum Gasteiger partial charge on any atom is 0.191 e. The summed E-state index contributed by atoms with van der Waals surface area (Å²) in [5, 5.41) is 7.12. The van der Waals surface area contributed by atoms with Crippen LogP contribution in [0, 0.1) is 5.41 Å². The molecule has 1 aliphatic heterocycles. The van der Waals surface area contributed by atoms with Crippen molar-refractivity contribution in [2.45, 2.75) is 58.4 Å². The molecule has 2 fully saturated rings. The van der Waals surface area contributed by atoms with Crippen molar-refractivity contribution in [1.82, 2.24) is 15.5 Å². The zero-order valence-electron chi connectivity index (χ0n) is 17.7. The topological polar surface area (TPSA) is 62.0 Å². The molecule has 2 heterocycles. The van der Waals surface area contributed by atoms with Crippen molar-refractivity contribution in [3.8, 4) is 0 Å². The van der Waals surface area contributed by atoms with Crippen molar-refractivity contribution in [3.05, 3.63) is 24.2 Å². The van der Waals surface area contributed by atoms with Crippen LogP contribution in [0.2, 0.25) is 0 Å². The monoisotopic (exact) mass is 390 g/mol. The molecule has 1 aromatic rings. The van der Waals surface area contributed by atoms with Gasteiger partial charge in [0.05, 0.1) is 6.26 Å². The number of likely N-dealkylation sites (N-methyl/N-ethyl adjacent to an activating group) is 1. The number of furan rings is 1. The van der Waals surface area contributed by atoms with Crippen molar-refractivity contribution in [2.75, 3.05) is 45.9 Å². The van der Waals surface area contributed by atoms with Gasteiger partial charge in [-0.1, -0.05) is 6.92 Å². The van der Waals surface area contributed by atoms with E-state index in [4.69, 9.17) is 14.1 Å². The van der Waals surface area contributed by atoms with Crippen molar-refractivity contribution in [1.29, 1.82) is 0 Å². The molecule has 28 heavy (non-hydrogen) atoms. The van der Waals surface area contributed by atoms with Crippen molar-refractivity contribution < 1.29 is 9.15 Å². The average Bonchev–Trinajstić information content (AvgIpc) is 3.10. The van der Waals surface area contributed by atoms with E-state index in [1.165, 1.54) is 32.2 Å². The van der Waals surface area contributed by atoms with Gasteiger partial charge in [0.2, 0.25) is 0 Å². The Bertz CT molecular complexity index is 583. The molecule has 1 saturated heterocycles. The van der Waals surface area contributed by atoms with Gasteiger partial charge in [-0.2, -0.15) is 0 Å². The molecule has 3 rings (SSSR count). The zero-order valence-corrected chi connectivity index (χ0v) is 17.7. The number of rotatable bonds is 12. The third-order valence-electron chi connectivity index (χ3n) is 6.16. The van der Waals surface area contributed by atoms with Crippen LogP contribution in [0.15, 0.2) is 27.8 Å². The van der Waals surface area contributed by atoms with E-state index < -0.39 is 0 Å². The van der Waals surface area contributed by atoms with Gasteiger partial charge in [-0.05, 0) is 69.7 Å². The summed E-state index contributed by atoms with van der Waals surface area (Å²) < 4.78 is 11.0. The Morgan fingerprint density at radius 3 is 2.96 bits per heavy atom. The quantitative estimate of drug-likeness (QED) is 0.326. The molecular weight excluding hydrogens is 352 g/mol. The number of aliphatic imine (C=N–C) groups is 1. The van der Waals surface area contributed by atoms with Gasteiger partial charge >= 0.3 is 0 Å². The highest BCUT2D eigenvalue weighted by atomic mass is 16.5. The van der Waals surface area contributed by atoms with E-state index in [0.717, 1.165) is 64.0 Å². The summed E-state index contributed by atoms with van der Waals surface area (Å²) in [5.74, 6) is 1.95. The highest BCUT2D eigenvalue weighted by molar-refractivity contribution is 5.79. The van der Waals surface area contributed by atoms with Crippen LogP contribution in [0.25, 0.3) is 0 Å². The molecule has 0 aromatic carbocycles. The molecule has 1 aromatic heterocycles. The molecule has 0 spiro atoms.